The number of nitrogens with one attached hydrogen (secondary N) is 2. The zero-order valence-corrected chi connectivity index (χ0v) is 14.0. The van der Waals surface area contributed by atoms with Gasteiger partial charge in [-0.15, -0.1) is 0 Å². The highest BCUT2D eigenvalue weighted by atomic mass is 32.1. The van der Waals surface area contributed by atoms with E-state index in [9.17, 15) is 4.79 Å². The van der Waals surface area contributed by atoms with Gasteiger partial charge < -0.3 is 14.8 Å². The molecule has 0 unspecified atom stereocenters. The van der Waals surface area contributed by atoms with Crippen LogP contribution in [0.3, 0.4) is 0 Å². The number of amides is 1. The molecule has 2 aromatic rings. The van der Waals surface area contributed by atoms with Gasteiger partial charge in [0.15, 0.2) is 5.11 Å². The Kier molecular flexibility index (Phi) is 5.54. The zero-order chi connectivity index (χ0) is 16.8. The van der Waals surface area contributed by atoms with Crippen LogP contribution >= 0.6 is 12.2 Å². The molecule has 0 heterocycles. The minimum Gasteiger partial charge on any atom is -0.496 e. The fourth-order valence-corrected chi connectivity index (χ4v) is 2.34. The van der Waals surface area contributed by atoms with Crippen molar-refractivity contribution < 1.29 is 14.3 Å². The van der Waals surface area contributed by atoms with Crippen LogP contribution in [0.1, 0.15) is 15.9 Å². The molecule has 0 fully saturated rings. The van der Waals surface area contributed by atoms with Gasteiger partial charge in [-0.1, -0.05) is 18.2 Å². The molecule has 6 heteroatoms. The largest absolute Gasteiger partial charge is 0.496 e. The van der Waals surface area contributed by atoms with Gasteiger partial charge in [-0.25, -0.2) is 0 Å². The topological polar surface area (TPSA) is 59.6 Å². The molecular weight excluding hydrogens is 312 g/mol. The number of benzene rings is 2. The SMILES string of the molecule is COc1cccc(OC)c1C(=O)NC(=S)Nc1cccc(C)c1. The van der Waals surface area contributed by atoms with E-state index >= 15 is 0 Å². The maximum Gasteiger partial charge on any atom is 0.264 e. The van der Waals surface area contributed by atoms with E-state index in [1.54, 1.807) is 18.2 Å². The molecular formula is C17H18N2O3S. The second kappa shape index (κ2) is 7.60. The summed E-state index contributed by atoms with van der Waals surface area (Å²) in [6, 6.07) is 12.8. The van der Waals surface area contributed by atoms with E-state index in [2.05, 4.69) is 10.6 Å². The van der Waals surface area contributed by atoms with Gasteiger partial charge in [-0.05, 0) is 49.0 Å². The lowest BCUT2D eigenvalue weighted by atomic mass is 10.1. The van der Waals surface area contributed by atoms with Crippen molar-refractivity contribution in [2.24, 2.45) is 0 Å². The predicted molar refractivity (Wildman–Crippen MR) is 94.4 cm³/mol. The quantitative estimate of drug-likeness (QED) is 0.844. The monoisotopic (exact) mass is 330 g/mol. The Hall–Kier alpha value is -2.60. The first-order valence-electron chi connectivity index (χ1n) is 6.95. The number of thiocarbonyl (C=S) groups is 1. The van der Waals surface area contributed by atoms with Crippen molar-refractivity contribution in [3.63, 3.8) is 0 Å². The Balaban J connectivity index is 2.14. The summed E-state index contributed by atoms with van der Waals surface area (Å²) in [4.78, 5) is 12.5. The molecule has 0 aliphatic heterocycles. The number of carbonyl (C=O) groups is 1. The highest BCUT2D eigenvalue weighted by molar-refractivity contribution is 7.80. The first-order chi connectivity index (χ1) is 11.0. The highest BCUT2D eigenvalue weighted by Gasteiger charge is 2.19. The zero-order valence-electron chi connectivity index (χ0n) is 13.2. The van der Waals surface area contributed by atoms with Crippen molar-refractivity contribution in [1.29, 1.82) is 0 Å². The molecule has 5 nitrogen and oxygen atoms in total. The van der Waals surface area contributed by atoms with Gasteiger partial charge in [0.1, 0.15) is 17.1 Å². The third kappa shape index (κ3) is 4.20. The maximum atomic E-state index is 12.5. The van der Waals surface area contributed by atoms with E-state index in [0.29, 0.717) is 17.1 Å². The molecule has 0 saturated carbocycles. The summed E-state index contributed by atoms with van der Waals surface area (Å²) in [6.07, 6.45) is 0. The van der Waals surface area contributed by atoms with Crippen molar-refractivity contribution in [2.45, 2.75) is 6.92 Å². The van der Waals surface area contributed by atoms with Gasteiger partial charge in [0, 0.05) is 5.69 Å². The Labute approximate surface area is 140 Å². The van der Waals surface area contributed by atoms with Crippen molar-refractivity contribution in [3.8, 4) is 11.5 Å². The summed E-state index contributed by atoms with van der Waals surface area (Å²) in [5.74, 6) is 0.435. The highest BCUT2D eigenvalue weighted by Crippen LogP contribution is 2.27. The van der Waals surface area contributed by atoms with E-state index < -0.39 is 5.91 Å². The second-order valence-electron chi connectivity index (χ2n) is 4.82. The summed E-state index contributed by atoms with van der Waals surface area (Å²) in [5.41, 5.74) is 2.20. The molecule has 1 amide bonds. The van der Waals surface area contributed by atoms with Crippen LogP contribution in [0.15, 0.2) is 42.5 Å². The average molecular weight is 330 g/mol. The van der Waals surface area contributed by atoms with Gasteiger partial charge >= 0.3 is 0 Å². The summed E-state index contributed by atoms with van der Waals surface area (Å²) >= 11 is 5.19. The van der Waals surface area contributed by atoms with Crippen LogP contribution in [0, 0.1) is 6.92 Å². The molecule has 0 bridgehead atoms. The summed E-state index contributed by atoms with van der Waals surface area (Å²) in [5, 5.41) is 5.81. The van der Waals surface area contributed by atoms with Gasteiger partial charge in [0.05, 0.1) is 14.2 Å². The fourth-order valence-electron chi connectivity index (χ4n) is 2.13. The number of hydrogen-bond acceptors (Lipinski definition) is 4. The third-order valence-electron chi connectivity index (χ3n) is 3.16. The van der Waals surface area contributed by atoms with Crippen LogP contribution in [-0.4, -0.2) is 25.2 Å². The first kappa shape index (κ1) is 16.8. The van der Waals surface area contributed by atoms with Crippen LogP contribution in [0.25, 0.3) is 0 Å². The number of ether oxygens (including phenoxy) is 2. The van der Waals surface area contributed by atoms with Crippen molar-refractivity contribution in [2.75, 3.05) is 19.5 Å². The molecule has 0 aliphatic rings. The van der Waals surface area contributed by atoms with Gasteiger partial charge in [0.2, 0.25) is 0 Å². The van der Waals surface area contributed by atoms with E-state index in [1.807, 2.05) is 31.2 Å². The maximum absolute atomic E-state index is 12.5. The lowest BCUT2D eigenvalue weighted by molar-refractivity contribution is 0.0971. The Morgan fingerprint density at radius 3 is 2.22 bits per heavy atom. The number of rotatable bonds is 4. The van der Waals surface area contributed by atoms with E-state index in [1.165, 1.54) is 14.2 Å². The van der Waals surface area contributed by atoms with E-state index in [4.69, 9.17) is 21.7 Å². The lowest BCUT2D eigenvalue weighted by Gasteiger charge is -2.14. The lowest BCUT2D eigenvalue weighted by Crippen LogP contribution is -2.34. The van der Waals surface area contributed by atoms with Crippen molar-refractivity contribution in [1.82, 2.24) is 5.32 Å². The number of aryl methyl sites for hydroxylation is 1. The smallest absolute Gasteiger partial charge is 0.264 e. The first-order valence-corrected chi connectivity index (χ1v) is 7.36. The van der Waals surface area contributed by atoms with Crippen LogP contribution in [0.4, 0.5) is 5.69 Å². The summed E-state index contributed by atoms with van der Waals surface area (Å²) in [7, 11) is 2.99. The number of carbonyl (C=O) groups excluding carboxylic acids is 1. The molecule has 0 atom stereocenters. The second-order valence-corrected chi connectivity index (χ2v) is 5.22. The third-order valence-corrected chi connectivity index (χ3v) is 3.36. The number of methoxy groups -OCH3 is 2. The molecule has 23 heavy (non-hydrogen) atoms. The molecule has 0 aromatic heterocycles. The molecule has 2 N–H and O–H groups in total. The number of hydrogen-bond donors (Lipinski definition) is 2. The molecule has 0 aliphatic carbocycles. The van der Waals surface area contributed by atoms with Crippen LogP contribution in [0.2, 0.25) is 0 Å². The van der Waals surface area contributed by atoms with Gasteiger partial charge in [-0.3, -0.25) is 10.1 Å². The van der Waals surface area contributed by atoms with E-state index in [0.717, 1.165) is 11.3 Å². The predicted octanol–water partition coefficient (Wildman–Crippen LogP) is 3.14. The van der Waals surface area contributed by atoms with Crippen LogP contribution < -0.4 is 20.1 Å². The minimum atomic E-state index is -0.399. The Morgan fingerprint density at radius 1 is 1.04 bits per heavy atom. The Morgan fingerprint density at radius 2 is 1.65 bits per heavy atom. The molecule has 0 spiro atoms. The number of anilines is 1. The summed E-state index contributed by atoms with van der Waals surface area (Å²) in [6.45, 7) is 1.98. The normalized spacial score (nSPS) is 9.87. The van der Waals surface area contributed by atoms with Crippen molar-refractivity contribution >= 4 is 28.9 Å². The van der Waals surface area contributed by atoms with E-state index in [-0.39, 0.29) is 5.11 Å². The molecule has 2 aromatic carbocycles. The van der Waals surface area contributed by atoms with Gasteiger partial charge in [0.25, 0.3) is 5.91 Å². The standard InChI is InChI=1S/C17H18N2O3S/c1-11-6-4-7-12(10-11)18-17(23)19-16(20)15-13(21-2)8-5-9-14(15)22-3/h4-10H,1-3H3,(H2,18,19,20,23). The molecule has 2 rings (SSSR count). The molecule has 0 radical (unpaired) electrons. The van der Waals surface area contributed by atoms with Crippen LogP contribution in [0.5, 0.6) is 11.5 Å². The minimum absolute atomic E-state index is 0.202. The average Bonchev–Trinajstić information content (AvgIpc) is 2.53. The van der Waals surface area contributed by atoms with Crippen molar-refractivity contribution in [3.05, 3.63) is 53.6 Å². The molecule has 0 saturated heterocycles. The Bertz CT molecular complexity index is 709. The summed E-state index contributed by atoms with van der Waals surface area (Å²) < 4.78 is 10.4. The van der Waals surface area contributed by atoms with Gasteiger partial charge in [-0.2, -0.15) is 0 Å². The van der Waals surface area contributed by atoms with Crippen LogP contribution in [-0.2, 0) is 0 Å². The fraction of sp³-hybridized carbons (Fsp3) is 0.176. The molecule has 120 valence electrons.